The molecule has 0 amide bonds. The highest BCUT2D eigenvalue weighted by atomic mass is 79.9. The largest absolute Gasteiger partial charge is 0.306 e. The molecule has 2 aromatic rings. The zero-order valence-corrected chi connectivity index (χ0v) is 14.0. The first-order valence-electron chi connectivity index (χ1n) is 6.35. The van der Waals surface area contributed by atoms with Crippen LogP contribution >= 0.6 is 27.7 Å². The molecule has 0 spiro atoms. The van der Waals surface area contributed by atoms with Crippen molar-refractivity contribution in [3.63, 3.8) is 0 Å². The van der Waals surface area contributed by atoms with Gasteiger partial charge in [-0.05, 0) is 32.9 Å². The summed E-state index contributed by atoms with van der Waals surface area (Å²) in [6, 6.07) is 7.69. The van der Waals surface area contributed by atoms with Crippen molar-refractivity contribution in [3.05, 3.63) is 40.6 Å². The van der Waals surface area contributed by atoms with E-state index < -0.39 is 0 Å². The normalized spacial score (nSPS) is 12.7. The van der Waals surface area contributed by atoms with Crippen LogP contribution in [0.4, 0.5) is 0 Å². The zero-order valence-electron chi connectivity index (χ0n) is 11.6. The average molecular weight is 354 g/mol. The van der Waals surface area contributed by atoms with Crippen molar-refractivity contribution >= 4 is 33.5 Å². The Balaban J connectivity index is 2.11. The van der Waals surface area contributed by atoms with E-state index in [2.05, 4.69) is 40.0 Å². The van der Waals surface area contributed by atoms with Gasteiger partial charge in [-0.1, -0.05) is 39.8 Å². The van der Waals surface area contributed by atoms with Crippen LogP contribution in [0.15, 0.2) is 40.2 Å². The number of carbonyl (C=O) groups is 1. The molecule has 0 aliphatic rings. The maximum atomic E-state index is 12.4. The Labute approximate surface area is 131 Å². The van der Waals surface area contributed by atoms with Gasteiger partial charge in [-0.2, -0.15) is 0 Å². The van der Waals surface area contributed by atoms with Crippen LogP contribution in [0.2, 0.25) is 0 Å². The second-order valence-electron chi connectivity index (χ2n) is 4.75. The summed E-state index contributed by atoms with van der Waals surface area (Å²) < 4.78 is 2.93. The van der Waals surface area contributed by atoms with Gasteiger partial charge in [0.15, 0.2) is 10.9 Å². The Morgan fingerprint density at radius 2 is 1.90 bits per heavy atom. The summed E-state index contributed by atoms with van der Waals surface area (Å²) in [5, 5.41) is 8.58. The third kappa shape index (κ3) is 3.49. The first-order valence-corrected chi connectivity index (χ1v) is 8.02. The standard InChI is InChI=1S/C14H16BrN3OS/c1-9(2)18-8-16-17-14(18)20-10(3)13(19)11-4-6-12(15)7-5-11/h4-10H,1-3H3. The fraction of sp³-hybridized carbons (Fsp3) is 0.357. The third-order valence-corrected chi connectivity index (χ3v) is 4.48. The van der Waals surface area contributed by atoms with Crippen LogP contribution < -0.4 is 0 Å². The molecule has 2 rings (SSSR count). The maximum absolute atomic E-state index is 12.4. The van der Waals surface area contributed by atoms with Crippen molar-refractivity contribution in [2.45, 2.75) is 37.2 Å². The van der Waals surface area contributed by atoms with E-state index >= 15 is 0 Å². The zero-order chi connectivity index (χ0) is 14.7. The molecule has 0 fully saturated rings. The SMILES string of the molecule is CC(Sc1nncn1C(C)C)C(=O)c1ccc(Br)cc1. The van der Waals surface area contributed by atoms with Gasteiger partial charge < -0.3 is 4.57 Å². The number of nitrogens with zero attached hydrogens (tertiary/aromatic N) is 3. The summed E-state index contributed by atoms with van der Waals surface area (Å²) in [6.07, 6.45) is 1.70. The van der Waals surface area contributed by atoms with Gasteiger partial charge in [0.1, 0.15) is 6.33 Å². The summed E-state index contributed by atoms with van der Waals surface area (Å²) in [5.41, 5.74) is 0.712. The quantitative estimate of drug-likeness (QED) is 0.602. The van der Waals surface area contributed by atoms with Crippen LogP contribution in [-0.4, -0.2) is 25.8 Å². The monoisotopic (exact) mass is 353 g/mol. The number of ketones is 1. The Morgan fingerprint density at radius 1 is 1.25 bits per heavy atom. The smallest absolute Gasteiger partial charge is 0.191 e. The molecule has 0 bridgehead atoms. The number of hydrogen-bond donors (Lipinski definition) is 0. The van der Waals surface area contributed by atoms with Crippen LogP contribution in [0.5, 0.6) is 0 Å². The number of benzene rings is 1. The number of Topliss-reactive ketones (excluding diaryl/α,β-unsaturated/α-hetero) is 1. The van der Waals surface area contributed by atoms with Gasteiger partial charge in [0, 0.05) is 16.1 Å². The molecule has 4 nitrogen and oxygen atoms in total. The Kier molecular flexibility index (Phi) is 4.99. The predicted octanol–water partition coefficient (Wildman–Crippen LogP) is 3.99. The van der Waals surface area contributed by atoms with Crippen molar-refractivity contribution in [2.24, 2.45) is 0 Å². The second kappa shape index (κ2) is 6.54. The minimum atomic E-state index is -0.196. The highest BCUT2D eigenvalue weighted by Gasteiger charge is 2.19. The van der Waals surface area contributed by atoms with E-state index in [-0.39, 0.29) is 17.1 Å². The molecule has 0 saturated heterocycles. The van der Waals surface area contributed by atoms with Gasteiger partial charge in [0.05, 0.1) is 5.25 Å². The van der Waals surface area contributed by atoms with E-state index in [1.54, 1.807) is 6.33 Å². The number of halogens is 1. The lowest BCUT2D eigenvalue weighted by Gasteiger charge is -2.13. The van der Waals surface area contributed by atoms with E-state index in [0.717, 1.165) is 9.63 Å². The molecule has 0 aliphatic carbocycles. The fourth-order valence-electron chi connectivity index (χ4n) is 1.73. The molecule has 1 aromatic heterocycles. The number of thioether (sulfide) groups is 1. The lowest BCUT2D eigenvalue weighted by Crippen LogP contribution is -2.15. The molecule has 1 atom stereocenters. The lowest BCUT2D eigenvalue weighted by atomic mass is 10.1. The first-order chi connectivity index (χ1) is 9.49. The maximum Gasteiger partial charge on any atom is 0.191 e. The highest BCUT2D eigenvalue weighted by Crippen LogP contribution is 2.26. The van der Waals surface area contributed by atoms with Gasteiger partial charge in [-0.3, -0.25) is 4.79 Å². The second-order valence-corrected chi connectivity index (χ2v) is 6.97. The van der Waals surface area contributed by atoms with Crippen molar-refractivity contribution in [1.29, 1.82) is 0 Å². The fourth-order valence-corrected chi connectivity index (χ4v) is 3.03. The minimum Gasteiger partial charge on any atom is -0.306 e. The molecule has 1 heterocycles. The molecule has 6 heteroatoms. The average Bonchev–Trinajstić information content (AvgIpc) is 2.87. The summed E-state index contributed by atoms with van der Waals surface area (Å²) >= 11 is 4.81. The molecular weight excluding hydrogens is 338 g/mol. The van der Waals surface area contributed by atoms with Crippen molar-refractivity contribution in [2.75, 3.05) is 0 Å². The molecule has 20 heavy (non-hydrogen) atoms. The molecule has 1 aromatic carbocycles. The summed E-state index contributed by atoms with van der Waals surface area (Å²) in [6.45, 7) is 6.03. The van der Waals surface area contributed by atoms with Gasteiger partial charge >= 0.3 is 0 Å². The van der Waals surface area contributed by atoms with Gasteiger partial charge in [0.2, 0.25) is 0 Å². The molecule has 0 saturated carbocycles. The van der Waals surface area contributed by atoms with E-state index in [1.807, 2.05) is 35.8 Å². The topological polar surface area (TPSA) is 47.8 Å². The summed E-state index contributed by atoms with van der Waals surface area (Å²) in [4.78, 5) is 12.4. The van der Waals surface area contributed by atoms with Crippen LogP contribution in [0, 0.1) is 0 Å². The van der Waals surface area contributed by atoms with Gasteiger partial charge in [-0.25, -0.2) is 0 Å². The van der Waals surface area contributed by atoms with Crippen LogP contribution in [0.25, 0.3) is 0 Å². The van der Waals surface area contributed by atoms with E-state index in [1.165, 1.54) is 11.8 Å². The molecule has 0 radical (unpaired) electrons. The van der Waals surface area contributed by atoms with Crippen LogP contribution in [-0.2, 0) is 0 Å². The van der Waals surface area contributed by atoms with E-state index in [4.69, 9.17) is 0 Å². The van der Waals surface area contributed by atoms with Gasteiger partial charge in [-0.15, -0.1) is 10.2 Å². The van der Waals surface area contributed by atoms with Crippen molar-refractivity contribution in [1.82, 2.24) is 14.8 Å². The number of carbonyl (C=O) groups excluding carboxylic acids is 1. The van der Waals surface area contributed by atoms with Crippen molar-refractivity contribution in [3.8, 4) is 0 Å². The molecular formula is C14H16BrN3OS. The number of hydrogen-bond acceptors (Lipinski definition) is 4. The van der Waals surface area contributed by atoms with Crippen LogP contribution in [0.1, 0.15) is 37.2 Å². The Hall–Kier alpha value is -1.14. The Bertz CT molecular complexity index is 595. The highest BCUT2D eigenvalue weighted by molar-refractivity contribution is 9.10. The number of rotatable bonds is 5. The van der Waals surface area contributed by atoms with Crippen LogP contribution in [0.3, 0.4) is 0 Å². The third-order valence-electron chi connectivity index (χ3n) is 2.88. The summed E-state index contributed by atoms with van der Waals surface area (Å²) in [7, 11) is 0. The Morgan fingerprint density at radius 3 is 2.50 bits per heavy atom. The van der Waals surface area contributed by atoms with E-state index in [0.29, 0.717) is 5.56 Å². The number of aromatic nitrogens is 3. The van der Waals surface area contributed by atoms with Crippen molar-refractivity contribution < 1.29 is 4.79 Å². The minimum absolute atomic E-state index is 0.0980. The molecule has 1 unspecified atom stereocenters. The lowest BCUT2D eigenvalue weighted by molar-refractivity contribution is 0.0994. The molecule has 0 N–H and O–H groups in total. The summed E-state index contributed by atoms with van der Waals surface area (Å²) in [5.74, 6) is 0.0980. The molecule has 0 aliphatic heterocycles. The first kappa shape index (κ1) is 15.3. The predicted molar refractivity (Wildman–Crippen MR) is 84.2 cm³/mol. The molecule has 106 valence electrons. The van der Waals surface area contributed by atoms with E-state index in [9.17, 15) is 4.79 Å². The van der Waals surface area contributed by atoms with Gasteiger partial charge in [0.25, 0.3) is 0 Å².